The maximum absolute atomic E-state index is 5.28. The van der Waals surface area contributed by atoms with Gasteiger partial charge in [-0.3, -0.25) is 4.99 Å². The van der Waals surface area contributed by atoms with Crippen molar-refractivity contribution < 1.29 is 0 Å². The van der Waals surface area contributed by atoms with Gasteiger partial charge in [-0.2, -0.15) is 0 Å². The Bertz CT molecular complexity index is 248. The number of nitrogens with one attached hydrogen (secondary N) is 1. The minimum Gasteiger partial charge on any atom is -0.388 e. The van der Waals surface area contributed by atoms with Crippen LogP contribution in [0.5, 0.6) is 0 Å². The van der Waals surface area contributed by atoms with Gasteiger partial charge in [0.2, 0.25) is 0 Å². The van der Waals surface area contributed by atoms with Gasteiger partial charge >= 0.3 is 0 Å². The molecular formula is C11H22N4. The number of amidine groups is 1. The van der Waals surface area contributed by atoms with Crippen molar-refractivity contribution in [3.63, 3.8) is 0 Å². The Morgan fingerprint density at radius 3 is 2.60 bits per heavy atom. The Morgan fingerprint density at radius 1 is 1.53 bits per heavy atom. The molecule has 4 heteroatoms. The third-order valence-corrected chi connectivity index (χ3v) is 1.81. The van der Waals surface area contributed by atoms with E-state index in [1.807, 2.05) is 13.1 Å². The normalized spacial score (nSPS) is 10.7. The summed E-state index contributed by atoms with van der Waals surface area (Å²) in [5.41, 5.74) is 6.48. The predicted octanol–water partition coefficient (Wildman–Crippen LogP) is 2.14. The van der Waals surface area contributed by atoms with Crippen molar-refractivity contribution in [3.8, 4) is 0 Å². The molecule has 0 aliphatic heterocycles. The van der Waals surface area contributed by atoms with Crippen LogP contribution in [0.4, 0.5) is 0 Å². The van der Waals surface area contributed by atoms with Crippen LogP contribution in [0.2, 0.25) is 0 Å². The molecule has 0 unspecified atom stereocenters. The largest absolute Gasteiger partial charge is 0.388 e. The van der Waals surface area contributed by atoms with E-state index in [0.29, 0.717) is 5.84 Å². The maximum atomic E-state index is 5.28. The molecule has 1 rings (SSSR count). The molecule has 0 atom stereocenters. The van der Waals surface area contributed by atoms with Crippen LogP contribution in [-0.2, 0) is 6.42 Å². The molecule has 0 saturated heterocycles. The highest BCUT2D eigenvalue weighted by Crippen LogP contribution is 1.88. The minimum atomic E-state index is 0.693. The molecule has 0 bridgehead atoms. The van der Waals surface area contributed by atoms with E-state index in [0.717, 1.165) is 19.4 Å². The second-order valence-electron chi connectivity index (χ2n) is 3.31. The van der Waals surface area contributed by atoms with Gasteiger partial charge in [0.1, 0.15) is 0 Å². The average molecular weight is 210 g/mol. The number of aromatic amines is 1. The summed E-state index contributed by atoms with van der Waals surface area (Å²) in [7, 11) is 0. The lowest BCUT2D eigenvalue weighted by Gasteiger charge is -1.89. The molecule has 4 nitrogen and oxygen atoms in total. The highest BCUT2D eigenvalue weighted by Gasteiger charge is 1.82. The summed E-state index contributed by atoms with van der Waals surface area (Å²) in [5, 5.41) is 0. The van der Waals surface area contributed by atoms with Gasteiger partial charge in [0.15, 0.2) is 0 Å². The first-order chi connectivity index (χ1) is 7.20. The van der Waals surface area contributed by atoms with Gasteiger partial charge in [-0.1, -0.05) is 20.3 Å². The lowest BCUT2D eigenvalue weighted by atomic mass is 10.3. The van der Waals surface area contributed by atoms with Crippen LogP contribution in [0.15, 0.2) is 17.5 Å². The fourth-order valence-electron chi connectivity index (χ4n) is 0.892. The lowest BCUT2D eigenvalue weighted by Crippen LogP contribution is -2.05. The number of hydrogen-bond donors (Lipinski definition) is 2. The van der Waals surface area contributed by atoms with Crippen LogP contribution < -0.4 is 5.73 Å². The van der Waals surface area contributed by atoms with Gasteiger partial charge < -0.3 is 10.7 Å². The van der Waals surface area contributed by atoms with E-state index in [9.17, 15) is 0 Å². The average Bonchev–Trinajstić information content (AvgIpc) is 2.71. The number of rotatable bonds is 4. The Hall–Kier alpha value is -1.32. The zero-order valence-electron chi connectivity index (χ0n) is 9.95. The first kappa shape index (κ1) is 13.7. The molecular weight excluding hydrogens is 188 g/mol. The number of H-pyrrole nitrogens is 1. The number of unbranched alkanes of at least 4 members (excludes halogenated alkanes) is 1. The van der Waals surface area contributed by atoms with E-state index in [1.165, 1.54) is 12.1 Å². The number of nitrogens with zero attached hydrogens (tertiary/aromatic N) is 2. The van der Waals surface area contributed by atoms with Crippen LogP contribution in [0.1, 0.15) is 39.3 Å². The molecule has 1 aromatic rings. The lowest BCUT2D eigenvalue weighted by molar-refractivity contribution is 0.807. The molecule has 0 spiro atoms. The summed E-state index contributed by atoms with van der Waals surface area (Å²) in [6.45, 7) is 6.93. The Morgan fingerprint density at radius 2 is 2.27 bits per heavy atom. The molecule has 86 valence electrons. The van der Waals surface area contributed by atoms with Gasteiger partial charge in [0, 0.05) is 18.4 Å². The highest BCUT2D eigenvalue weighted by molar-refractivity contribution is 5.77. The maximum Gasteiger partial charge on any atom is 0.0921 e. The van der Waals surface area contributed by atoms with Crippen molar-refractivity contribution in [1.82, 2.24) is 9.97 Å². The van der Waals surface area contributed by atoms with Crippen molar-refractivity contribution in [2.75, 3.05) is 6.54 Å². The number of nitrogens with two attached hydrogens (primary N) is 1. The topological polar surface area (TPSA) is 67.1 Å². The van der Waals surface area contributed by atoms with Crippen molar-refractivity contribution in [2.45, 2.75) is 40.0 Å². The molecule has 15 heavy (non-hydrogen) atoms. The van der Waals surface area contributed by atoms with Crippen molar-refractivity contribution in [3.05, 3.63) is 18.2 Å². The zero-order chi connectivity index (χ0) is 11.5. The molecule has 0 aromatic carbocycles. The van der Waals surface area contributed by atoms with Crippen LogP contribution in [0.3, 0.4) is 0 Å². The first-order valence-electron chi connectivity index (χ1n) is 5.44. The van der Waals surface area contributed by atoms with Crippen LogP contribution >= 0.6 is 0 Å². The van der Waals surface area contributed by atoms with Gasteiger partial charge in [-0.05, 0) is 19.8 Å². The summed E-state index contributed by atoms with van der Waals surface area (Å²) in [4.78, 5) is 10.8. The smallest absolute Gasteiger partial charge is 0.0921 e. The number of aromatic nitrogens is 2. The van der Waals surface area contributed by atoms with E-state index < -0.39 is 0 Å². The molecule has 0 amide bonds. The molecule has 0 radical (unpaired) electrons. The SMILES string of the molecule is CCCCN=C(C)N.CCc1cnc[nH]1. The highest BCUT2D eigenvalue weighted by atomic mass is 14.9. The predicted molar refractivity (Wildman–Crippen MR) is 65.0 cm³/mol. The molecule has 0 aliphatic rings. The van der Waals surface area contributed by atoms with E-state index in [1.54, 1.807) is 6.33 Å². The number of imidazole rings is 1. The number of hydrogen-bond acceptors (Lipinski definition) is 2. The molecule has 0 fully saturated rings. The van der Waals surface area contributed by atoms with Crippen LogP contribution in [-0.4, -0.2) is 22.3 Å². The van der Waals surface area contributed by atoms with Crippen LogP contribution in [0.25, 0.3) is 0 Å². The summed E-state index contributed by atoms with van der Waals surface area (Å²) >= 11 is 0. The second-order valence-corrected chi connectivity index (χ2v) is 3.31. The van der Waals surface area contributed by atoms with E-state index in [2.05, 4.69) is 28.8 Å². The summed E-state index contributed by atoms with van der Waals surface area (Å²) in [5.74, 6) is 0.693. The Balaban J connectivity index is 0.000000262. The minimum absolute atomic E-state index is 0.693. The number of aryl methyl sites for hydroxylation is 1. The first-order valence-corrected chi connectivity index (χ1v) is 5.44. The molecule has 0 aliphatic carbocycles. The van der Waals surface area contributed by atoms with E-state index >= 15 is 0 Å². The fourth-order valence-corrected chi connectivity index (χ4v) is 0.892. The third-order valence-electron chi connectivity index (χ3n) is 1.81. The van der Waals surface area contributed by atoms with Gasteiger partial charge in [-0.15, -0.1) is 0 Å². The standard InChI is InChI=1S/C6H14N2.C5H8N2/c1-3-4-5-8-6(2)7;1-2-5-3-6-4-7-5/h3-5H2,1-2H3,(H2,7,8);3-4H,2H2,1H3,(H,6,7). The summed E-state index contributed by atoms with van der Waals surface area (Å²) in [6.07, 6.45) is 6.91. The van der Waals surface area contributed by atoms with Crippen molar-refractivity contribution >= 4 is 5.84 Å². The van der Waals surface area contributed by atoms with Gasteiger partial charge in [0.25, 0.3) is 0 Å². The molecule has 1 aromatic heterocycles. The van der Waals surface area contributed by atoms with Crippen molar-refractivity contribution in [2.24, 2.45) is 10.7 Å². The van der Waals surface area contributed by atoms with Crippen molar-refractivity contribution in [1.29, 1.82) is 0 Å². The molecule has 0 saturated carbocycles. The Kier molecular flexibility index (Phi) is 8.43. The summed E-state index contributed by atoms with van der Waals surface area (Å²) < 4.78 is 0. The summed E-state index contributed by atoms with van der Waals surface area (Å²) in [6, 6.07) is 0. The monoisotopic (exact) mass is 210 g/mol. The fraction of sp³-hybridized carbons (Fsp3) is 0.636. The molecule has 1 heterocycles. The quantitative estimate of drug-likeness (QED) is 0.454. The van der Waals surface area contributed by atoms with Gasteiger partial charge in [-0.25, -0.2) is 4.98 Å². The number of aliphatic imine (C=N–C) groups is 1. The van der Waals surface area contributed by atoms with Crippen LogP contribution in [0, 0.1) is 0 Å². The van der Waals surface area contributed by atoms with Gasteiger partial charge in [0.05, 0.1) is 12.2 Å². The Labute approximate surface area is 92.0 Å². The second kappa shape index (κ2) is 9.24. The third kappa shape index (κ3) is 9.00. The van der Waals surface area contributed by atoms with E-state index in [4.69, 9.17) is 5.73 Å². The zero-order valence-corrected chi connectivity index (χ0v) is 9.95. The molecule has 3 N–H and O–H groups in total. The van der Waals surface area contributed by atoms with E-state index in [-0.39, 0.29) is 0 Å².